The zero-order chi connectivity index (χ0) is 14.4. The van der Waals surface area contributed by atoms with Crippen LogP contribution in [0.3, 0.4) is 0 Å². The third kappa shape index (κ3) is 2.04. The number of aromatic nitrogens is 2. The van der Waals surface area contributed by atoms with Crippen molar-refractivity contribution >= 4 is 30.3 Å². The molecule has 8 heteroatoms. The monoisotopic (exact) mass is 296 g/mol. The van der Waals surface area contributed by atoms with E-state index in [-0.39, 0.29) is 23.7 Å². The van der Waals surface area contributed by atoms with Gasteiger partial charge in [0.25, 0.3) is 0 Å². The molecule has 0 bridgehead atoms. The van der Waals surface area contributed by atoms with E-state index in [1.165, 1.54) is 4.90 Å². The average Bonchev–Trinajstić information content (AvgIpc) is 2.90. The number of anilines is 1. The number of fused-ring (bicyclic) bond motifs is 1. The summed E-state index contributed by atoms with van der Waals surface area (Å²) in [5.41, 5.74) is 1.49. The Kier molecular flexibility index (Phi) is 3.12. The Morgan fingerprint density at radius 3 is 2.85 bits per heavy atom. The number of carbonyl (C=O) groups excluding carboxylic acids is 1. The maximum Gasteiger partial charge on any atom is 0.407 e. The molecule has 0 saturated carbocycles. The summed E-state index contributed by atoms with van der Waals surface area (Å²) in [6, 6.07) is -0.125. The molecule has 0 radical (unpaired) electrons. The van der Waals surface area contributed by atoms with Crippen LogP contribution >= 0.6 is 12.6 Å². The van der Waals surface area contributed by atoms with Crippen LogP contribution in [-0.4, -0.2) is 49.6 Å². The largest absolute Gasteiger partial charge is 0.465 e. The summed E-state index contributed by atoms with van der Waals surface area (Å²) in [6.07, 6.45) is 1.11. The van der Waals surface area contributed by atoms with Crippen LogP contribution in [0.25, 0.3) is 0 Å². The Morgan fingerprint density at radius 1 is 1.50 bits per heavy atom. The molecule has 2 aliphatic rings. The molecular weight excluding hydrogens is 280 g/mol. The highest BCUT2D eigenvalue weighted by Gasteiger charge is 2.35. The number of amides is 2. The van der Waals surface area contributed by atoms with E-state index in [0.717, 1.165) is 5.69 Å². The standard InChI is InChI=1S/C12H16N4O3S/c1-7-4-16-10(6-14(7)12(18)19)9(3-13-16)15-5-8(20)2-11(15)17/h3,7-8,20H,2,4-6H2,1H3,(H,18,19)/t7-,8?/m0/s1. The molecule has 1 aromatic heterocycles. The smallest absolute Gasteiger partial charge is 0.407 e. The van der Waals surface area contributed by atoms with Gasteiger partial charge in [0.15, 0.2) is 0 Å². The third-order valence-electron chi connectivity index (χ3n) is 3.86. The second kappa shape index (κ2) is 4.69. The van der Waals surface area contributed by atoms with Crippen molar-refractivity contribution in [2.45, 2.75) is 37.7 Å². The van der Waals surface area contributed by atoms with Gasteiger partial charge in [-0.3, -0.25) is 14.4 Å². The fourth-order valence-corrected chi connectivity index (χ4v) is 3.11. The first-order chi connectivity index (χ1) is 9.47. The summed E-state index contributed by atoms with van der Waals surface area (Å²) >= 11 is 4.34. The van der Waals surface area contributed by atoms with Gasteiger partial charge in [-0.2, -0.15) is 17.7 Å². The number of rotatable bonds is 1. The van der Waals surface area contributed by atoms with Gasteiger partial charge in [0, 0.05) is 18.2 Å². The molecule has 20 heavy (non-hydrogen) atoms. The van der Waals surface area contributed by atoms with Gasteiger partial charge < -0.3 is 10.0 Å². The molecule has 0 spiro atoms. The summed E-state index contributed by atoms with van der Waals surface area (Å²) in [4.78, 5) is 26.2. The van der Waals surface area contributed by atoms with Crippen LogP contribution in [0.2, 0.25) is 0 Å². The van der Waals surface area contributed by atoms with Gasteiger partial charge in [0.05, 0.1) is 36.7 Å². The van der Waals surface area contributed by atoms with Gasteiger partial charge in [-0.25, -0.2) is 4.79 Å². The van der Waals surface area contributed by atoms with Crippen molar-refractivity contribution in [2.75, 3.05) is 11.4 Å². The van der Waals surface area contributed by atoms with Crippen molar-refractivity contribution < 1.29 is 14.7 Å². The molecule has 0 aliphatic carbocycles. The Labute approximate surface area is 121 Å². The Bertz CT molecular complexity index is 573. The van der Waals surface area contributed by atoms with E-state index in [9.17, 15) is 14.7 Å². The first-order valence-electron chi connectivity index (χ1n) is 6.50. The molecule has 2 amide bonds. The van der Waals surface area contributed by atoms with Crippen LogP contribution < -0.4 is 4.90 Å². The van der Waals surface area contributed by atoms with Crippen molar-refractivity contribution in [1.29, 1.82) is 0 Å². The number of hydrogen-bond acceptors (Lipinski definition) is 4. The Morgan fingerprint density at radius 2 is 2.25 bits per heavy atom. The van der Waals surface area contributed by atoms with Gasteiger partial charge in [-0.15, -0.1) is 0 Å². The van der Waals surface area contributed by atoms with Crippen molar-refractivity contribution in [3.8, 4) is 0 Å². The number of nitrogens with zero attached hydrogens (tertiary/aromatic N) is 4. The second-order valence-corrected chi connectivity index (χ2v) is 6.01. The topological polar surface area (TPSA) is 78.7 Å². The Balaban J connectivity index is 1.93. The predicted molar refractivity (Wildman–Crippen MR) is 75.0 cm³/mol. The molecular formula is C12H16N4O3S. The lowest BCUT2D eigenvalue weighted by Gasteiger charge is -2.32. The summed E-state index contributed by atoms with van der Waals surface area (Å²) in [6.45, 7) is 3.16. The quantitative estimate of drug-likeness (QED) is 0.751. The van der Waals surface area contributed by atoms with Gasteiger partial charge in [-0.05, 0) is 6.92 Å². The van der Waals surface area contributed by atoms with E-state index < -0.39 is 6.09 Å². The minimum absolute atomic E-state index is 0.0151. The van der Waals surface area contributed by atoms with Crippen LogP contribution in [0.5, 0.6) is 0 Å². The normalized spacial score (nSPS) is 26.0. The number of hydrogen-bond donors (Lipinski definition) is 2. The average molecular weight is 296 g/mol. The lowest BCUT2D eigenvalue weighted by molar-refractivity contribution is -0.117. The first kappa shape index (κ1) is 13.3. The number of thiol groups is 1. The maximum atomic E-state index is 12.0. The van der Waals surface area contributed by atoms with Crippen molar-refractivity contribution in [3.63, 3.8) is 0 Å². The van der Waals surface area contributed by atoms with E-state index >= 15 is 0 Å². The molecule has 1 aromatic rings. The third-order valence-corrected chi connectivity index (χ3v) is 4.20. The zero-order valence-electron chi connectivity index (χ0n) is 11.1. The maximum absolute atomic E-state index is 12.0. The van der Waals surface area contributed by atoms with E-state index in [4.69, 9.17) is 0 Å². The van der Waals surface area contributed by atoms with Gasteiger partial charge >= 0.3 is 6.09 Å². The highest BCUT2D eigenvalue weighted by atomic mass is 32.1. The van der Waals surface area contributed by atoms with Gasteiger partial charge in [-0.1, -0.05) is 0 Å². The fourth-order valence-electron chi connectivity index (χ4n) is 2.79. The second-order valence-electron chi connectivity index (χ2n) is 5.28. The van der Waals surface area contributed by atoms with E-state index in [1.807, 2.05) is 6.92 Å². The van der Waals surface area contributed by atoms with Crippen molar-refractivity contribution in [3.05, 3.63) is 11.9 Å². The summed E-state index contributed by atoms with van der Waals surface area (Å²) < 4.78 is 1.79. The molecule has 2 atom stereocenters. The molecule has 2 aliphatic heterocycles. The van der Waals surface area contributed by atoms with Crippen LogP contribution in [-0.2, 0) is 17.9 Å². The Hall–Kier alpha value is -1.70. The van der Waals surface area contributed by atoms with Crippen LogP contribution in [0.4, 0.5) is 10.5 Å². The highest BCUT2D eigenvalue weighted by molar-refractivity contribution is 7.81. The molecule has 7 nitrogen and oxygen atoms in total. The first-order valence-corrected chi connectivity index (χ1v) is 7.01. The molecule has 1 saturated heterocycles. The zero-order valence-corrected chi connectivity index (χ0v) is 12.0. The van der Waals surface area contributed by atoms with E-state index in [0.29, 0.717) is 25.2 Å². The highest BCUT2D eigenvalue weighted by Crippen LogP contribution is 2.30. The molecule has 3 rings (SSSR count). The predicted octanol–water partition coefficient (Wildman–Crippen LogP) is 0.800. The summed E-state index contributed by atoms with van der Waals surface area (Å²) in [7, 11) is 0. The minimum atomic E-state index is -0.948. The van der Waals surface area contributed by atoms with Crippen LogP contribution in [0.1, 0.15) is 19.0 Å². The molecule has 1 unspecified atom stereocenters. The lowest BCUT2D eigenvalue weighted by atomic mass is 10.2. The van der Waals surface area contributed by atoms with E-state index in [1.54, 1.807) is 15.8 Å². The molecule has 3 heterocycles. The number of carboxylic acid groups (broad SMARTS) is 1. The molecule has 108 valence electrons. The lowest BCUT2D eigenvalue weighted by Crippen LogP contribution is -2.44. The van der Waals surface area contributed by atoms with Gasteiger partial charge in [0.1, 0.15) is 0 Å². The van der Waals surface area contributed by atoms with Crippen LogP contribution in [0, 0.1) is 0 Å². The minimum Gasteiger partial charge on any atom is -0.465 e. The molecule has 1 N–H and O–H groups in total. The van der Waals surface area contributed by atoms with Crippen molar-refractivity contribution in [2.24, 2.45) is 0 Å². The SMILES string of the molecule is C[C@H]1Cn2ncc(N3CC(S)CC3=O)c2CN1C(=O)O. The van der Waals surface area contributed by atoms with Crippen molar-refractivity contribution in [1.82, 2.24) is 14.7 Å². The van der Waals surface area contributed by atoms with E-state index in [2.05, 4.69) is 17.7 Å². The molecule has 0 aromatic carbocycles. The van der Waals surface area contributed by atoms with Gasteiger partial charge in [0.2, 0.25) is 5.91 Å². The molecule has 1 fully saturated rings. The fraction of sp³-hybridized carbons (Fsp3) is 0.583. The van der Waals surface area contributed by atoms with Crippen LogP contribution in [0.15, 0.2) is 6.20 Å². The summed E-state index contributed by atoms with van der Waals surface area (Å²) in [5.74, 6) is 0.0151. The summed E-state index contributed by atoms with van der Waals surface area (Å²) in [5, 5.41) is 13.5. The number of carbonyl (C=O) groups is 2.